The minimum atomic E-state index is -0.175. The molecule has 0 spiro atoms. The van der Waals surface area contributed by atoms with Crippen LogP contribution >= 0.6 is 0 Å². The number of carbonyl (C=O) groups is 2. The number of anilines is 1. The molecule has 1 aromatic rings. The summed E-state index contributed by atoms with van der Waals surface area (Å²) in [5.74, 6) is -0.279. The number of aryl methyl sites for hydroxylation is 1. The molecule has 0 aliphatic carbocycles. The zero-order valence-electron chi connectivity index (χ0n) is 10.9. The van der Waals surface area contributed by atoms with E-state index in [4.69, 9.17) is 0 Å². The van der Waals surface area contributed by atoms with Gasteiger partial charge in [0.1, 0.15) is 0 Å². The summed E-state index contributed by atoms with van der Waals surface area (Å²) in [5, 5.41) is 5.48. The van der Waals surface area contributed by atoms with Crippen LogP contribution in [0.5, 0.6) is 0 Å². The summed E-state index contributed by atoms with van der Waals surface area (Å²) in [6, 6.07) is 5.20. The van der Waals surface area contributed by atoms with Crippen molar-refractivity contribution in [3.05, 3.63) is 41.5 Å². The highest BCUT2D eigenvalue weighted by Crippen LogP contribution is 2.16. The number of hydrogen-bond acceptors (Lipinski definition) is 2. The van der Waals surface area contributed by atoms with E-state index in [0.29, 0.717) is 17.8 Å². The lowest BCUT2D eigenvalue weighted by atomic mass is 10.1. The molecule has 0 bridgehead atoms. The molecule has 0 aromatic heterocycles. The van der Waals surface area contributed by atoms with Gasteiger partial charge in [-0.15, -0.1) is 0 Å². The van der Waals surface area contributed by atoms with Crippen molar-refractivity contribution in [1.29, 1.82) is 0 Å². The molecule has 0 fully saturated rings. The summed E-state index contributed by atoms with van der Waals surface area (Å²) in [7, 11) is 0. The van der Waals surface area contributed by atoms with Crippen molar-refractivity contribution in [3.63, 3.8) is 0 Å². The largest absolute Gasteiger partial charge is 0.352 e. The number of allylic oxidation sites excluding steroid dienone is 1. The van der Waals surface area contributed by atoms with Crippen molar-refractivity contribution in [2.45, 2.75) is 20.8 Å². The van der Waals surface area contributed by atoms with Gasteiger partial charge in [0, 0.05) is 17.8 Å². The molecule has 1 aromatic carbocycles. The van der Waals surface area contributed by atoms with E-state index in [0.717, 1.165) is 5.56 Å². The van der Waals surface area contributed by atoms with Crippen LogP contribution < -0.4 is 10.6 Å². The van der Waals surface area contributed by atoms with Gasteiger partial charge in [-0.2, -0.15) is 0 Å². The molecule has 0 saturated carbocycles. The molecule has 0 aliphatic rings. The van der Waals surface area contributed by atoms with E-state index in [9.17, 15) is 9.59 Å². The maximum atomic E-state index is 11.6. The fraction of sp³-hybridized carbons (Fsp3) is 0.286. The smallest absolute Gasteiger partial charge is 0.251 e. The molecule has 96 valence electrons. The average Bonchev–Trinajstić information content (AvgIpc) is 2.32. The van der Waals surface area contributed by atoms with E-state index in [1.165, 1.54) is 6.08 Å². The first-order chi connectivity index (χ1) is 8.58. The molecule has 2 amide bonds. The van der Waals surface area contributed by atoms with Crippen LogP contribution in [-0.2, 0) is 4.79 Å². The minimum Gasteiger partial charge on any atom is -0.352 e. The average molecular weight is 246 g/mol. The first-order valence-electron chi connectivity index (χ1n) is 5.91. The molecule has 0 atom stereocenters. The third-order valence-corrected chi connectivity index (χ3v) is 2.40. The number of rotatable bonds is 4. The summed E-state index contributed by atoms with van der Waals surface area (Å²) in [5.41, 5.74) is 2.17. The molecule has 1 rings (SSSR count). The van der Waals surface area contributed by atoms with Crippen LogP contribution in [-0.4, -0.2) is 18.4 Å². The van der Waals surface area contributed by atoms with Crippen LogP contribution in [0.4, 0.5) is 5.69 Å². The predicted molar refractivity (Wildman–Crippen MR) is 72.6 cm³/mol. The van der Waals surface area contributed by atoms with E-state index in [1.807, 2.05) is 13.8 Å². The number of hydrogen-bond donors (Lipinski definition) is 2. The first kappa shape index (κ1) is 14.0. The molecule has 4 nitrogen and oxygen atoms in total. The van der Waals surface area contributed by atoms with Crippen molar-refractivity contribution in [2.24, 2.45) is 0 Å². The van der Waals surface area contributed by atoms with Gasteiger partial charge in [-0.3, -0.25) is 9.59 Å². The van der Waals surface area contributed by atoms with Crippen molar-refractivity contribution >= 4 is 17.5 Å². The zero-order valence-corrected chi connectivity index (χ0v) is 10.9. The van der Waals surface area contributed by atoms with E-state index in [1.54, 1.807) is 31.2 Å². The van der Waals surface area contributed by atoms with Gasteiger partial charge in [-0.1, -0.05) is 6.08 Å². The Morgan fingerprint density at radius 1 is 1.33 bits per heavy atom. The Labute approximate surface area is 107 Å². The molecule has 0 aliphatic heterocycles. The lowest BCUT2D eigenvalue weighted by Crippen LogP contribution is -2.22. The van der Waals surface area contributed by atoms with Gasteiger partial charge in [-0.05, 0) is 50.6 Å². The first-order valence-corrected chi connectivity index (χ1v) is 5.91. The fourth-order valence-corrected chi connectivity index (χ4v) is 1.53. The van der Waals surface area contributed by atoms with Gasteiger partial charge in [-0.25, -0.2) is 0 Å². The monoisotopic (exact) mass is 246 g/mol. The highest BCUT2D eigenvalue weighted by atomic mass is 16.2. The van der Waals surface area contributed by atoms with Crippen molar-refractivity contribution in [3.8, 4) is 0 Å². The summed E-state index contributed by atoms with van der Waals surface area (Å²) < 4.78 is 0. The predicted octanol–water partition coefficient (Wildman–Crippen LogP) is 2.26. The Bertz CT molecular complexity index is 479. The standard InChI is InChI=1S/C14H18N2O2/c1-4-6-13(17)16-12-8-7-11(9-10(12)3)14(18)15-5-2/h4,6-9H,5H2,1-3H3,(H,15,18)(H,16,17). The quantitative estimate of drug-likeness (QED) is 0.801. The number of benzene rings is 1. The zero-order chi connectivity index (χ0) is 13.5. The topological polar surface area (TPSA) is 58.2 Å². The molecule has 0 radical (unpaired) electrons. The Morgan fingerprint density at radius 2 is 2.06 bits per heavy atom. The summed E-state index contributed by atoms with van der Waals surface area (Å²) in [6.07, 6.45) is 3.13. The van der Waals surface area contributed by atoms with Crippen LogP contribution in [0.3, 0.4) is 0 Å². The van der Waals surface area contributed by atoms with Crippen LogP contribution in [0.15, 0.2) is 30.4 Å². The lowest BCUT2D eigenvalue weighted by molar-refractivity contribution is -0.111. The SMILES string of the molecule is CC=CC(=O)Nc1ccc(C(=O)NCC)cc1C. The Balaban J connectivity index is 2.86. The molecule has 18 heavy (non-hydrogen) atoms. The Morgan fingerprint density at radius 3 is 2.61 bits per heavy atom. The van der Waals surface area contributed by atoms with E-state index >= 15 is 0 Å². The van der Waals surface area contributed by atoms with Gasteiger partial charge >= 0.3 is 0 Å². The van der Waals surface area contributed by atoms with Gasteiger partial charge in [0.25, 0.3) is 5.91 Å². The van der Waals surface area contributed by atoms with Crippen molar-refractivity contribution in [1.82, 2.24) is 5.32 Å². The third kappa shape index (κ3) is 3.73. The third-order valence-electron chi connectivity index (χ3n) is 2.40. The van der Waals surface area contributed by atoms with Gasteiger partial charge in [0.2, 0.25) is 5.91 Å². The Hall–Kier alpha value is -2.10. The number of nitrogens with one attached hydrogen (secondary N) is 2. The second-order valence-corrected chi connectivity index (χ2v) is 3.88. The normalized spacial score (nSPS) is 10.4. The number of amides is 2. The van der Waals surface area contributed by atoms with Gasteiger partial charge < -0.3 is 10.6 Å². The molecule has 0 saturated heterocycles. The molecular formula is C14H18N2O2. The molecule has 4 heteroatoms. The van der Waals surface area contributed by atoms with Crippen LogP contribution in [0, 0.1) is 6.92 Å². The van der Waals surface area contributed by atoms with Crippen LogP contribution in [0.1, 0.15) is 29.8 Å². The molecule has 0 heterocycles. The van der Waals surface area contributed by atoms with Crippen LogP contribution in [0.25, 0.3) is 0 Å². The van der Waals surface area contributed by atoms with Crippen LogP contribution in [0.2, 0.25) is 0 Å². The van der Waals surface area contributed by atoms with E-state index < -0.39 is 0 Å². The summed E-state index contributed by atoms with van der Waals surface area (Å²) in [6.45, 7) is 6.10. The summed E-state index contributed by atoms with van der Waals surface area (Å²) in [4.78, 5) is 23.0. The molecule has 0 unspecified atom stereocenters. The maximum Gasteiger partial charge on any atom is 0.251 e. The highest BCUT2D eigenvalue weighted by Gasteiger charge is 2.07. The second kappa shape index (κ2) is 6.59. The second-order valence-electron chi connectivity index (χ2n) is 3.88. The highest BCUT2D eigenvalue weighted by molar-refractivity contribution is 6.00. The maximum absolute atomic E-state index is 11.6. The Kier molecular flexibility index (Phi) is 5.11. The summed E-state index contributed by atoms with van der Waals surface area (Å²) >= 11 is 0. The molecule has 2 N–H and O–H groups in total. The lowest BCUT2D eigenvalue weighted by Gasteiger charge is -2.09. The van der Waals surface area contributed by atoms with Crippen molar-refractivity contribution < 1.29 is 9.59 Å². The van der Waals surface area contributed by atoms with E-state index in [-0.39, 0.29) is 11.8 Å². The fourth-order valence-electron chi connectivity index (χ4n) is 1.53. The van der Waals surface area contributed by atoms with Crippen molar-refractivity contribution in [2.75, 3.05) is 11.9 Å². The van der Waals surface area contributed by atoms with Gasteiger partial charge in [0.05, 0.1) is 0 Å². The number of carbonyl (C=O) groups excluding carboxylic acids is 2. The molecular weight excluding hydrogens is 228 g/mol. The van der Waals surface area contributed by atoms with E-state index in [2.05, 4.69) is 10.6 Å². The minimum absolute atomic E-state index is 0.105. The van der Waals surface area contributed by atoms with Gasteiger partial charge in [0.15, 0.2) is 0 Å².